The highest BCUT2D eigenvalue weighted by Gasteiger charge is 2.17. The fraction of sp³-hybridized carbons (Fsp3) is 0.333. The van der Waals surface area contributed by atoms with E-state index in [1.165, 1.54) is 0 Å². The Hall–Kier alpha value is -2.84. The molecule has 1 aromatic carbocycles. The summed E-state index contributed by atoms with van der Waals surface area (Å²) in [6.45, 7) is 5.68. The van der Waals surface area contributed by atoms with Crippen molar-refractivity contribution in [2.75, 3.05) is 13.1 Å². The molecule has 0 saturated heterocycles. The second-order valence-corrected chi connectivity index (χ2v) is 8.42. The maximum atomic E-state index is 12.4. The highest BCUT2D eigenvalue weighted by molar-refractivity contribution is 6.42. The fourth-order valence-electron chi connectivity index (χ4n) is 2.47. The standard InChI is InChI=1S/C21H25Cl2N5O3/c1-21(2,3)31-20(30)26-7-6-25-19(29)15(10-24)18-27-11-14(12-28-18)8-13-4-5-16(22)17(23)9-13/h4-5,9-12H,6-8,24H2,1-3H3,(H,25,29)(H,26,30)/b15-10+. The minimum Gasteiger partial charge on any atom is -0.444 e. The van der Waals surface area contributed by atoms with Gasteiger partial charge in [-0.05, 0) is 44.0 Å². The molecule has 0 unspecified atom stereocenters. The lowest BCUT2D eigenvalue weighted by molar-refractivity contribution is -0.115. The number of benzene rings is 1. The zero-order valence-electron chi connectivity index (χ0n) is 17.5. The maximum Gasteiger partial charge on any atom is 0.407 e. The van der Waals surface area contributed by atoms with Gasteiger partial charge in [-0.25, -0.2) is 14.8 Å². The number of alkyl carbamates (subject to hydrolysis) is 1. The molecule has 2 rings (SSSR count). The molecule has 0 spiro atoms. The Morgan fingerprint density at radius 1 is 1.06 bits per heavy atom. The van der Waals surface area contributed by atoms with E-state index in [4.69, 9.17) is 33.7 Å². The minimum atomic E-state index is -0.591. The second-order valence-electron chi connectivity index (χ2n) is 7.61. The summed E-state index contributed by atoms with van der Waals surface area (Å²) in [6.07, 6.45) is 4.38. The van der Waals surface area contributed by atoms with Crippen LogP contribution in [0.1, 0.15) is 37.7 Å². The van der Waals surface area contributed by atoms with Crippen molar-refractivity contribution in [3.8, 4) is 0 Å². The monoisotopic (exact) mass is 465 g/mol. The van der Waals surface area contributed by atoms with Gasteiger partial charge >= 0.3 is 6.09 Å². The highest BCUT2D eigenvalue weighted by Crippen LogP contribution is 2.23. The zero-order valence-corrected chi connectivity index (χ0v) is 19.0. The van der Waals surface area contributed by atoms with Gasteiger partial charge in [-0.2, -0.15) is 0 Å². The van der Waals surface area contributed by atoms with Gasteiger partial charge in [-0.1, -0.05) is 29.3 Å². The average Bonchev–Trinajstić information content (AvgIpc) is 2.69. The first kappa shape index (κ1) is 24.4. The molecule has 8 nitrogen and oxygen atoms in total. The minimum absolute atomic E-state index is 0.123. The number of nitrogens with two attached hydrogens (primary N) is 1. The van der Waals surface area contributed by atoms with E-state index in [0.717, 1.165) is 17.3 Å². The Kier molecular flexibility index (Phi) is 8.65. The number of nitrogens with zero attached hydrogens (tertiary/aromatic N) is 2. The Morgan fingerprint density at radius 2 is 1.71 bits per heavy atom. The maximum absolute atomic E-state index is 12.4. The Bertz CT molecular complexity index is 956. The van der Waals surface area contributed by atoms with Gasteiger partial charge in [-0.3, -0.25) is 4.79 Å². The van der Waals surface area contributed by atoms with Crippen molar-refractivity contribution in [2.45, 2.75) is 32.8 Å². The molecule has 2 amide bonds. The van der Waals surface area contributed by atoms with Crippen molar-refractivity contribution in [1.29, 1.82) is 0 Å². The molecule has 31 heavy (non-hydrogen) atoms. The first-order chi connectivity index (χ1) is 14.6. The van der Waals surface area contributed by atoms with Crippen molar-refractivity contribution in [2.24, 2.45) is 5.73 Å². The van der Waals surface area contributed by atoms with E-state index >= 15 is 0 Å². The molecule has 1 aromatic heterocycles. The summed E-state index contributed by atoms with van der Waals surface area (Å²) in [5.74, 6) is -0.260. The van der Waals surface area contributed by atoms with Crippen LogP contribution in [0.25, 0.3) is 5.57 Å². The average molecular weight is 466 g/mol. The van der Waals surface area contributed by atoms with E-state index < -0.39 is 17.6 Å². The lowest BCUT2D eigenvalue weighted by Crippen LogP contribution is -2.38. The summed E-state index contributed by atoms with van der Waals surface area (Å²) in [5, 5.41) is 6.17. The number of halogens is 2. The van der Waals surface area contributed by atoms with E-state index in [1.54, 1.807) is 45.3 Å². The quantitative estimate of drug-likeness (QED) is 0.426. The molecule has 10 heteroatoms. The summed E-state index contributed by atoms with van der Waals surface area (Å²) < 4.78 is 5.12. The molecule has 0 aliphatic carbocycles. The number of rotatable bonds is 7. The second kappa shape index (κ2) is 11.0. The Balaban J connectivity index is 1.89. The summed E-state index contributed by atoms with van der Waals surface area (Å²) in [5.41, 5.74) is 6.92. The molecule has 0 aliphatic rings. The van der Waals surface area contributed by atoms with Crippen LogP contribution in [-0.2, 0) is 16.0 Å². The molecule has 0 aliphatic heterocycles. The molecule has 0 bridgehead atoms. The van der Waals surface area contributed by atoms with E-state index in [2.05, 4.69) is 20.6 Å². The van der Waals surface area contributed by atoms with Crippen molar-refractivity contribution >= 4 is 40.8 Å². The normalized spacial score (nSPS) is 11.7. The van der Waals surface area contributed by atoms with Crippen molar-refractivity contribution in [1.82, 2.24) is 20.6 Å². The predicted octanol–water partition coefficient (Wildman–Crippen LogP) is 3.31. The summed E-state index contributed by atoms with van der Waals surface area (Å²) in [4.78, 5) is 32.5. The van der Waals surface area contributed by atoms with Crippen LogP contribution in [0.15, 0.2) is 36.8 Å². The fourth-order valence-corrected chi connectivity index (χ4v) is 2.79. The molecule has 0 atom stereocenters. The van der Waals surface area contributed by atoms with Crippen LogP contribution in [0.2, 0.25) is 10.0 Å². The van der Waals surface area contributed by atoms with Gasteiger partial charge in [0.2, 0.25) is 0 Å². The number of aromatic nitrogens is 2. The van der Waals surface area contributed by atoms with Gasteiger partial charge in [0.1, 0.15) is 5.60 Å². The van der Waals surface area contributed by atoms with Crippen LogP contribution < -0.4 is 16.4 Å². The van der Waals surface area contributed by atoms with Crippen LogP contribution >= 0.6 is 23.2 Å². The third-order valence-corrected chi connectivity index (χ3v) is 4.57. The van der Waals surface area contributed by atoms with Crippen molar-refractivity contribution in [3.05, 3.63) is 63.8 Å². The number of nitrogens with one attached hydrogen (secondary N) is 2. The Labute approximate surface area is 191 Å². The summed E-state index contributed by atoms with van der Waals surface area (Å²) >= 11 is 12.0. The van der Waals surface area contributed by atoms with Crippen LogP contribution in [0.5, 0.6) is 0 Å². The van der Waals surface area contributed by atoms with E-state index in [1.807, 2.05) is 6.07 Å². The molecule has 166 valence electrons. The van der Waals surface area contributed by atoms with E-state index in [9.17, 15) is 9.59 Å². The molecule has 0 radical (unpaired) electrons. The third kappa shape index (κ3) is 8.07. The van der Waals surface area contributed by atoms with Crippen molar-refractivity contribution < 1.29 is 14.3 Å². The lowest BCUT2D eigenvalue weighted by Gasteiger charge is -2.19. The third-order valence-electron chi connectivity index (χ3n) is 3.83. The van der Waals surface area contributed by atoms with Gasteiger partial charge in [0.25, 0.3) is 5.91 Å². The van der Waals surface area contributed by atoms with Gasteiger partial charge in [0, 0.05) is 38.1 Å². The molecular weight excluding hydrogens is 441 g/mol. The molecular formula is C21H25Cl2N5O3. The molecule has 1 heterocycles. The first-order valence-electron chi connectivity index (χ1n) is 9.51. The van der Waals surface area contributed by atoms with Crippen LogP contribution in [-0.4, -0.2) is 40.7 Å². The number of amides is 2. The molecule has 4 N–H and O–H groups in total. The largest absolute Gasteiger partial charge is 0.444 e. The number of ether oxygens (including phenoxy) is 1. The number of carbonyl (C=O) groups excluding carboxylic acids is 2. The summed E-state index contributed by atoms with van der Waals surface area (Å²) in [7, 11) is 0. The van der Waals surface area contributed by atoms with Crippen LogP contribution in [0.4, 0.5) is 4.79 Å². The van der Waals surface area contributed by atoms with Crippen molar-refractivity contribution in [3.63, 3.8) is 0 Å². The number of carbonyl (C=O) groups is 2. The molecule has 0 saturated carbocycles. The topological polar surface area (TPSA) is 119 Å². The Morgan fingerprint density at radius 3 is 2.29 bits per heavy atom. The smallest absolute Gasteiger partial charge is 0.407 e. The SMILES string of the molecule is CC(C)(C)OC(=O)NCCNC(=O)/C(=C/N)c1ncc(Cc2ccc(Cl)c(Cl)c2)cn1. The number of hydrogen-bond donors (Lipinski definition) is 3. The van der Waals surface area contributed by atoms with Gasteiger partial charge in [0.05, 0.1) is 15.6 Å². The summed E-state index contributed by atoms with van der Waals surface area (Å²) in [6, 6.07) is 5.37. The van der Waals surface area contributed by atoms with E-state index in [0.29, 0.717) is 16.5 Å². The van der Waals surface area contributed by atoms with Crippen LogP contribution in [0.3, 0.4) is 0 Å². The van der Waals surface area contributed by atoms with Crippen LogP contribution in [0, 0.1) is 0 Å². The number of hydrogen-bond acceptors (Lipinski definition) is 6. The van der Waals surface area contributed by atoms with E-state index in [-0.39, 0.29) is 24.5 Å². The van der Waals surface area contributed by atoms with Gasteiger partial charge < -0.3 is 21.1 Å². The lowest BCUT2D eigenvalue weighted by atomic mass is 10.1. The van der Waals surface area contributed by atoms with Gasteiger partial charge in [0.15, 0.2) is 5.82 Å². The highest BCUT2D eigenvalue weighted by atomic mass is 35.5. The first-order valence-corrected chi connectivity index (χ1v) is 10.3. The predicted molar refractivity (Wildman–Crippen MR) is 121 cm³/mol. The molecule has 0 fully saturated rings. The van der Waals surface area contributed by atoms with Gasteiger partial charge in [-0.15, -0.1) is 0 Å². The zero-order chi connectivity index (χ0) is 23.0. The molecule has 2 aromatic rings.